The van der Waals surface area contributed by atoms with Gasteiger partial charge in [0.2, 0.25) is 0 Å². The Morgan fingerprint density at radius 1 is 1.30 bits per heavy atom. The predicted octanol–water partition coefficient (Wildman–Crippen LogP) is 2.66. The lowest BCUT2D eigenvalue weighted by Crippen LogP contribution is -2.46. The molecule has 4 nitrogen and oxygen atoms in total. The number of rotatable bonds is 7. The van der Waals surface area contributed by atoms with Gasteiger partial charge < -0.3 is 15.7 Å². The number of hydrogen-bond acceptors (Lipinski definition) is 3. The summed E-state index contributed by atoms with van der Waals surface area (Å²) < 4.78 is 0. The molecule has 0 unspecified atom stereocenters. The fourth-order valence-corrected chi connectivity index (χ4v) is 2.64. The molecule has 1 rings (SSSR count). The van der Waals surface area contributed by atoms with E-state index in [4.69, 9.17) is 0 Å². The minimum absolute atomic E-state index is 0.523. The highest BCUT2D eigenvalue weighted by molar-refractivity contribution is 7.10. The smallest absolute Gasteiger partial charge is 0.191 e. The van der Waals surface area contributed by atoms with Gasteiger partial charge in [-0.2, -0.15) is 0 Å². The molecule has 0 radical (unpaired) electrons. The van der Waals surface area contributed by atoms with Crippen LogP contribution in [-0.2, 0) is 6.54 Å². The first-order chi connectivity index (χ1) is 9.54. The van der Waals surface area contributed by atoms with Crippen molar-refractivity contribution in [1.29, 1.82) is 0 Å². The van der Waals surface area contributed by atoms with E-state index in [1.807, 2.05) is 20.8 Å². The molecule has 1 aromatic heterocycles. The molecule has 0 saturated carbocycles. The van der Waals surface area contributed by atoms with Gasteiger partial charge in [-0.1, -0.05) is 13.8 Å². The molecule has 0 aliphatic carbocycles. The van der Waals surface area contributed by atoms with Crippen molar-refractivity contribution >= 4 is 17.3 Å². The van der Waals surface area contributed by atoms with Crippen molar-refractivity contribution in [3.05, 3.63) is 21.9 Å². The van der Waals surface area contributed by atoms with Gasteiger partial charge in [-0.3, -0.25) is 0 Å². The van der Waals surface area contributed by atoms with Gasteiger partial charge in [0.1, 0.15) is 0 Å². The minimum Gasteiger partial charge on any atom is -0.388 e. The van der Waals surface area contributed by atoms with Crippen molar-refractivity contribution in [2.24, 2.45) is 4.99 Å². The molecule has 0 atom stereocenters. The van der Waals surface area contributed by atoms with Gasteiger partial charge in [-0.05, 0) is 43.7 Å². The highest BCUT2D eigenvalue weighted by Crippen LogP contribution is 2.16. The molecule has 0 saturated heterocycles. The van der Waals surface area contributed by atoms with E-state index < -0.39 is 5.60 Å². The molecule has 114 valence electrons. The molecule has 0 bridgehead atoms. The van der Waals surface area contributed by atoms with Gasteiger partial charge in [0.05, 0.1) is 12.1 Å². The Kier molecular flexibility index (Phi) is 7.02. The van der Waals surface area contributed by atoms with Crippen molar-refractivity contribution in [3.8, 4) is 0 Å². The number of hydrogen-bond donors (Lipinski definition) is 3. The molecule has 1 aromatic rings. The summed E-state index contributed by atoms with van der Waals surface area (Å²) in [6.07, 6.45) is 1.47. The van der Waals surface area contributed by atoms with Crippen LogP contribution in [0.15, 0.2) is 16.4 Å². The van der Waals surface area contributed by atoms with Crippen LogP contribution in [0.25, 0.3) is 0 Å². The van der Waals surface area contributed by atoms with Crippen LogP contribution >= 0.6 is 11.3 Å². The van der Waals surface area contributed by atoms with E-state index in [0.717, 1.165) is 25.3 Å². The van der Waals surface area contributed by atoms with Crippen LogP contribution < -0.4 is 10.6 Å². The Bertz CT molecular complexity index is 425. The lowest BCUT2D eigenvalue weighted by molar-refractivity contribution is 0.0367. The second-order valence-corrected chi connectivity index (χ2v) is 6.01. The number of aryl methyl sites for hydroxylation is 1. The van der Waals surface area contributed by atoms with E-state index in [1.54, 1.807) is 11.3 Å². The maximum Gasteiger partial charge on any atom is 0.191 e. The van der Waals surface area contributed by atoms with Crippen molar-refractivity contribution in [2.45, 2.75) is 52.7 Å². The SMILES string of the molecule is CCNC(=NCc1sccc1C)NCC(O)(CC)CC. The average Bonchev–Trinajstić information content (AvgIpc) is 2.87. The van der Waals surface area contributed by atoms with Crippen molar-refractivity contribution in [1.82, 2.24) is 10.6 Å². The third kappa shape index (κ3) is 5.13. The monoisotopic (exact) mass is 297 g/mol. The first kappa shape index (κ1) is 17.0. The van der Waals surface area contributed by atoms with E-state index >= 15 is 0 Å². The normalized spacial score (nSPS) is 12.6. The molecular weight excluding hydrogens is 270 g/mol. The van der Waals surface area contributed by atoms with Crippen LogP contribution in [0.1, 0.15) is 44.1 Å². The maximum atomic E-state index is 10.3. The van der Waals surface area contributed by atoms with E-state index in [2.05, 4.69) is 34.0 Å². The van der Waals surface area contributed by atoms with Gasteiger partial charge in [0, 0.05) is 18.0 Å². The molecule has 1 heterocycles. The summed E-state index contributed by atoms with van der Waals surface area (Å²) in [5.41, 5.74) is 0.628. The summed E-state index contributed by atoms with van der Waals surface area (Å²) in [6.45, 7) is 10.2. The van der Waals surface area contributed by atoms with E-state index in [-0.39, 0.29) is 0 Å². The molecule has 0 fully saturated rings. The first-order valence-corrected chi connectivity index (χ1v) is 8.20. The van der Waals surface area contributed by atoms with Gasteiger partial charge in [0.25, 0.3) is 0 Å². The predicted molar refractivity (Wildman–Crippen MR) is 87.4 cm³/mol. The van der Waals surface area contributed by atoms with Crippen LogP contribution in [0.5, 0.6) is 0 Å². The van der Waals surface area contributed by atoms with Crippen LogP contribution in [0.3, 0.4) is 0 Å². The molecule has 5 heteroatoms. The van der Waals surface area contributed by atoms with Crippen LogP contribution in [0.4, 0.5) is 0 Å². The maximum absolute atomic E-state index is 10.3. The average molecular weight is 297 g/mol. The Balaban J connectivity index is 2.62. The Morgan fingerprint density at radius 2 is 2.00 bits per heavy atom. The topological polar surface area (TPSA) is 56.7 Å². The fourth-order valence-electron chi connectivity index (χ4n) is 1.81. The summed E-state index contributed by atoms with van der Waals surface area (Å²) >= 11 is 1.73. The quantitative estimate of drug-likeness (QED) is 0.536. The molecule has 0 aliphatic rings. The van der Waals surface area contributed by atoms with Gasteiger partial charge in [-0.15, -0.1) is 11.3 Å². The number of thiophene rings is 1. The van der Waals surface area contributed by atoms with Crippen molar-refractivity contribution in [2.75, 3.05) is 13.1 Å². The number of aliphatic imine (C=N–C) groups is 1. The minimum atomic E-state index is -0.658. The summed E-state index contributed by atoms with van der Waals surface area (Å²) in [5.74, 6) is 0.764. The zero-order valence-electron chi connectivity index (χ0n) is 13.0. The van der Waals surface area contributed by atoms with Crippen LogP contribution in [-0.4, -0.2) is 29.8 Å². The van der Waals surface area contributed by atoms with Crippen molar-refractivity contribution < 1.29 is 5.11 Å². The molecule has 0 aliphatic heterocycles. The summed E-state index contributed by atoms with van der Waals surface area (Å²) in [5, 5.41) is 18.8. The summed E-state index contributed by atoms with van der Waals surface area (Å²) in [7, 11) is 0. The van der Waals surface area contributed by atoms with Gasteiger partial charge >= 0.3 is 0 Å². The lowest BCUT2D eigenvalue weighted by atomic mass is 9.98. The second kappa shape index (κ2) is 8.27. The highest BCUT2D eigenvalue weighted by atomic mass is 32.1. The van der Waals surface area contributed by atoms with Crippen LogP contribution in [0.2, 0.25) is 0 Å². The van der Waals surface area contributed by atoms with Crippen molar-refractivity contribution in [3.63, 3.8) is 0 Å². The summed E-state index contributed by atoms with van der Waals surface area (Å²) in [4.78, 5) is 5.86. The number of guanidine groups is 1. The van der Waals surface area contributed by atoms with E-state index in [9.17, 15) is 5.11 Å². The molecule has 0 spiro atoms. The molecule has 0 amide bonds. The lowest BCUT2D eigenvalue weighted by Gasteiger charge is -2.26. The molecule has 0 aromatic carbocycles. The van der Waals surface area contributed by atoms with E-state index in [0.29, 0.717) is 13.1 Å². The second-order valence-electron chi connectivity index (χ2n) is 5.01. The zero-order valence-corrected chi connectivity index (χ0v) is 13.8. The fraction of sp³-hybridized carbons (Fsp3) is 0.667. The third-order valence-corrected chi connectivity index (χ3v) is 4.60. The van der Waals surface area contributed by atoms with E-state index in [1.165, 1.54) is 10.4 Å². The number of nitrogens with one attached hydrogen (secondary N) is 2. The third-order valence-electron chi connectivity index (χ3n) is 3.59. The Labute approximate surface area is 126 Å². The molecule has 20 heavy (non-hydrogen) atoms. The standard InChI is InChI=1S/C15H27N3OS/c1-5-15(19,6-2)11-18-14(16-7-3)17-10-13-12(4)8-9-20-13/h8-9,19H,5-7,10-11H2,1-4H3,(H2,16,17,18). The van der Waals surface area contributed by atoms with Crippen LogP contribution in [0, 0.1) is 6.92 Å². The van der Waals surface area contributed by atoms with Gasteiger partial charge in [-0.25, -0.2) is 4.99 Å². The summed E-state index contributed by atoms with van der Waals surface area (Å²) in [6, 6.07) is 2.11. The number of aliphatic hydroxyl groups is 1. The highest BCUT2D eigenvalue weighted by Gasteiger charge is 2.22. The first-order valence-electron chi connectivity index (χ1n) is 7.32. The van der Waals surface area contributed by atoms with Gasteiger partial charge in [0.15, 0.2) is 5.96 Å². The Morgan fingerprint density at radius 3 is 2.50 bits per heavy atom. The zero-order chi connectivity index (χ0) is 15.0. The molecular formula is C15H27N3OS. The Hall–Kier alpha value is -1.07. The largest absolute Gasteiger partial charge is 0.388 e. The molecule has 3 N–H and O–H groups in total. The number of nitrogens with zero attached hydrogens (tertiary/aromatic N) is 1.